The van der Waals surface area contributed by atoms with Gasteiger partial charge in [-0.15, -0.1) is 0 Å². The summed E-state index contributed by atoms with van der Waals surface area (Å²) >= 11 is 0. The summed E-state index contributed by atoms with van der Waals surface area (Å²) in [6, 6.07) is 3.13. The van der Waals surface area contributed by atoms with Gasteiger partial charge in [-0.05, 0) is 31.4 Å². The number of nitrogens with zero attached hydrogens (tertiary/aromatic N) is 2. The molecule has 1 N–H and O–H groups in total. The smallest absolute Gasteiger partial charge is 0.317 e. The molecule has 2 fully saturated rings. The third-order valence-corrected chi connectivity index (χ3v) is 5.16. The molecule has 26 heavy (non-hydrogen) atoms. The third-order valence-electron chi connectivity index (χ3n) is 5.16. The number of carbonyl (C=O) groups is 2. The van der Waals surface area contributed by atoms with Crippen molar-refractivity contribution in [2.45, 2.75) is 44.6 Å². The SMILES string of the molecule is O=C(NC1CCCCC1)N1CCCN(C(=O)c2ccc(F)cc2F)CC1. The van der Waals surface area contributed by atoms with Crippen LogP contribution < -0.4 is 5.32 Å². The molecule has 3 amide bonds. The van der Waals surface area contributed by atoms with Gasteiger partial charge in [0.15, 0.2) is 0 Å². The van der Waals surface area contributed by atoms with Gasteiger partial charge in [0.2, 0.25) is 0 Å². The summed E-state index contributed by atoms with van der Waals surface area (Å²) in [5.41, 5.74) is -0.133. The first kappa shape index (κ1) is 18.6. The standard InChI is InChI=1S/C19H25F2N3O2/c20-14-7-8-16(17(21)13-14)18(25)23-9-4-10-24(12-11-23)19(26)22-15-5-2-1-3-6-15/h7-8,13,15H,1-6,9-12H2,(H,22,26). The summed E-state index contributed by atoms with van der Waals surface area (Å²) in [5, 5.41) is 3.09. The number of nitrogens with one attached hydrogen (secondary N) is 1. The highest BCUT2D eigenvalue weighted by Crippen LogP contribution is 2.18. The van der Waals surface area contributed by atoms with Crippen molar-refractivity contribution in [3.63, 3.8) is 0 Å². The third kappa shape index (κ3) is 4.51. The zero-order chi connectivity index (χ0) is 18.5. The van der Waals surface area contributed by atoms with E-state index in [2.05, 4.69) is 5.32 Å². The lowest BCUT2D eigenvalue weighted by atomic mass is 9.96. The van der Waals surface area contributed by atoms with E-state index < -0.39 is 17.5 Å². The average Bonchev–Trinajstić information content (AvgIpc) is 2.88. The molecule has 1 aromatic carbocycles. The lowest BCUT2D eigenvalue weighted by molar-refractivity contribution is 0.0757. The summed E-state index contributed by atoms with van der Waals surface area (Å²) in [5.74, 6) is -2.02. The number of hydrogen-bond donors (Lipinski definition) is 1. The van der Waals surface area contributed by atoms with Crippen molar-refractivity contribution in [1.82, 2.24) is 15.1 Å². The van der Waals surface area contributed by atoms with Gasteiger partial charge in [-0.1, -0.05) is 19.3 Å². The van der Waals surface area contributed by atoms with Crippen molar-refractivity contribution in [1.29, 1.82) is 0 Å². The van der Waals surface area contributed by atoms with Crippen molar-refractivity contribution >= 4 is 11.9 Å². The van der Waals surface area contributed by atoms with Crippen LogP contribution in [-0.4, -0.2) is 54.0 Å². The minimum absolute atomic E-state index is 0.0841. The Hall–Kier alpha value is -2.18. The monoisotopic (exact) mass is 365 g/mol. The molecule has 142 valence electrons. The van der Waals surface area contributed by atoms with E-state index in [1.807, 2.05) is 0 Å². The number of halogens is 2. The summed E-state index contributed by atoms with van der Waals surface area (Å²) in [6.07, 6.45) is 6.20. The van der Waals surface area contributed by atoms with Gasteiger partial charge in [-0.2, -0.15) is 0 Å². The zero-order valence-corrected chi connectivity index (χ0v) is 14.8. The molecule has 1 aromatic rings. The van der Waals surface area contributed by atoms with Gasteiger partial charge >= 0.3 is 6.03 Å². The van der Waals surface area contributed by atoms with Crippen molar-refractivity contribution < 1.29 is 18.4 Å². The predicted molar refractivity (Wildman–Crippen MR) is 93.9 cm³/mol. The van der Waals surface area contributed by atoms with Crippen LogP contribution >= 0.6 is 0 Å². The minimum atomic E-state index is -0.855. The van der Waals surface area contributed by atoms with Crippen LogP contribution in [-0.2, 0) is 0 Å². The highest BCUT2D eigenvalue weighted by atomic mass is 19.1. The van der Waals surface area contributed by atoms with E-state index >= 15 is 0 Å². The summed E-state index contributed by atoms with van der Waals surface area (Å²) in [4.78, 5) is 28.2. The van der Waals surface area contributed by atoms with Gasteiger partial charge in [0.05, 0.1) is 5.56 Å². The van der Waals surface area contributed by atoms with E-state index in [1.165, 1.54) is 17.4 Å². The molecular weight excluding hydrogens is 340 g/mol. The van der Waals surface area contributed by atoms with Gasteiger partial charge in [-0.3, -0.25) is 4.79 Å². The van der Waals surface area contributed by atoms with E-state index in [0.717, 1.165) is 37.8 Å². The number of benzene rings is 1. The Morgan fingerprint density at radius 3 is 2.35 bits per heavy atom. The number of hydrogen-bond acceptors (Lipinski definition) is 2. The average molecular weight is 365 g/mol. The van der Waals surface area contributed by atoms with Gasteiger partial charge < -0.3 is 15.1 Å². The fourth-order valence-electron chi connectivity index (χ4n) is 3.67. The Kier molecular flexibility index (Phi) is 6.06. The molecule has 2 aliphatic rings. The van der Waals surface area contributed by atoms with Crippen LogP contribution in [0.2, 0.25) is 0 Å². The molecule has 7 heteroatoms. The fourth-order valence-corrected chi connectivity index (χ4v) is 3.67. The number of amides is 3. The van der Waals surface area contributed by atoms with E-state index in [0.29, 0.717) is 32.6 Å². The van der Waals surface area contributed by atoms with E-state index in [9.17, 15) is 18.4 Å². The Labute approximate surface area is 152 Å². The maximum atomic E-state index is 13.9. The summed E-state index contributed by atoms with van der Waals surface area (Å²) < 4.78 is 26.9. The highest BCUT2D eigenvalue weighted by molar-refractivity contribution is 5.94. The topological polar surface area (TPSA) is 52.7 Å². The Morgan fingerprint density at radius 1 is 0.923 bits per heavy atom. The molecule has 0 atom stereocenters. The Balaban J connectivity index is 1.57. The number of urea groups is 1. The lowest BCUT2D eigenvalue weighted by Crippen LogP contribution is -2.47. The molecule has 1 saturated heterocycles. The first-order valence-electron chi connectivity index (χ1n) is 9.34. The molecule has 1 aliphatic heterocycles. The second-order valence-electron chi connectivity index (χ2n) is 7.04. The lowest BCUT2D eigenvalue weighted by Gasteiger charge is -2.27. The first-order chi connectivity index (χ1) is 12.5. The molecule has 0 unspecified atom stereocenters. The molecule has 1 aliphatic carbocycles. The predicted octanol–water partition coefficient (Wildman–Crippen LogP) is 3.16. The maximum Gasteiger partial charge on any atom is 0.317 e. The quantitative estimate of drug-likeness (QED) is 0.875. The van der Waals surface area contributed by atoms with Gasteiger partial charge in [0.25, 0.3) is 5.91 Å². The number of rotatable bonds is 2. The summed E-state index contributed by atoms with van der Waals surface area (Å²) in [6.45, 7) is 1.76. The molecule has 0 radical (unpaired) electrons. The highest BCUT2D eigenvalue weighted by Gasteiger charge is 2.26. The Bertz CT molecular complexity index is 662. The van der Waals surface area contributed by atoms with E-state index in [1.54, 1.807) is 4.90 Å². The van der Waals surface area contributed by atoms with Gasteiger partial charge in [0, 0.05) is 38.3 Å². The molecule has 0 aromatic heterocycles. The fraction of sp³-hybridized carbons (Fsp3) is 0.579. The first-order valence-corrected chi connectivity index (χ1v) is 9.34. The largest absolute Gasteiger partial charge is 0.337 e. The van der Waals surface area contributed by atoms with Crippen LogP contribution in [0.25, 0.3) is 0 Å². The molecule has 3 rings (SSSR count). The summed E-state index contributed by atoms with van der Waals surface area (Å²) in [7, 11) is 0. The zero-order valence-electron chi connectivity index (χ0n) is 14.8. The number of carbonyl (C=O) groups excluding carboxylic acids is 2. The van der Waals surface area contributed by atoms with Crippen LogP contribution in [0, 0.1) is 11.6 Å². The van der Waals surface area contributed by atoms with Crippen LogP contribution in [0.15, 0.2) is 18.2 Å². The molecule has 5 nitrogen and oxygen atoms in total. The van der Waals surface area contributed by atoms with E-state index in [-0.39, 0.29) is 17.6 Å². The molecular formula is C19H25F2N3O2. The van der Waals surface area contributed by atoms with Crippen molar-refractivity contribution in [3.8, 4) is 0 Å². The van der Waals surface area contributed by atoms with Crippen molar-refractivity contribution in [2.75, 3.05) is 26.2 Å². The van der Waals surface area contributed by atoms with Crippen LogP contribution in [0.1, 0.15) is 48.9 Å². The molecule has 0 spiro atoms. The van der Waals surface area contributed by atoms with Crippen LogP contribution in [0.5, 0.6) is 0 Å². The second kappa shape index (κ2) is 8.47. The van der Waals surface area contributed by atoms with E-state index in [4.69, 9.17) is 0 Å². The molecule has 0 bridgehead atoms. The van der Waals surface area contributed by atoms with Crippen molar-refractivity contribution in [2.24, 2.45) is 0 Å². The van der Waals surface area contributed by atoms with Crippen LogP contribution in [0.3, 0.4) is 0 Å². The maximum absolute atomic E-state index is 13.9. The van der Waals surface area contributed by atoms with Gasteiger partial charge in [0.1, 0.15) is 11.6 Å². The van der Waals surface area contributed by atoms with Crippen LogP contribution in [0.4, 0.5) is 13.6 Å². The normalized spacial score (nSPS) is 19.2. The molecule has 1 saturated carbocycles. The minimum Gasteiger partial charge on any atom is -0.337 e. The molecule has 1 heterocycles. The van der Waals surface area contributed by atoms with Crippen molar-refractivity contribution in [3.05, 3.63) is 35.4 Å². The van der Waals surface area contributed by atoms with Gasteiger partial charge in [-0.25, -0.2) is 13.6 Å². The Morgan fingerprint density at radius 2 is 1.62 bits per heavy atom. The second-order valence-corrected chi connectivity index (χ2v) is 7.04.